The molecule has 5 rings (SSSR count). The van der Waals surface area contributed by atoms with E-state index in [0.29, 0.717) is 10.6 Å². The van der Waals surface area contributed by atoms with Gasteiger partial charge in [0.15, 0.2) is 0 Å². The second kappa shape index (κ2) is 13.4. The number of aryl methyl sites for hydroxylation is 1. The molecule has 3 aromatic carbocycles. The quantitative estimate of drug-likeness (QED) is 0.260. The van der Waals surface area contributed by atoms with Gasteiger partial charge in [-0.05, 0) is 97.8 Å². The van der Waals surface area contributed by atoms with Gasteiger partial charge in [-0.1, -0.05) is 71.6 Å². The first-order valence-corrected chi connectivity index (χ1v) is 16.7. The Morgan fingerprint density at radius 1 is 0.927 bits per heavy atom. The van der Waals surface area contributed by atoms with E-state index in [0.717, 1.165) is 44.5 Å². The molecule has 1 heterocycles. The van der Waals surface area contributed by atoms with Gasteiger partial charge in [-0.15, -0.1) is 0 Å². The number of hydrogen-bond acceptors (Lipinski definition) is 4. The Bertz CT molecular complexity index is 1510. The Labute approximate surface area is 257 Å². The highest BCUT2D eigenvalue weighted by molar-refractivity contribution is 7.89. The van der Waals surface area contributed by atoms with Gasteiger partial charge in [0.2, 0.25) is 15.9 Å². The van der Waals surface area contributed by atoms with Gasteiger partial charge in [-0.3, -0.25) is 9.69 Å². The van der Waals surface area contributed by atoms with Crippen molar-refractivity contribution < 1.29 is 13.2 Å². The van der Waals surface area contributed by atoms with Gasteiger partial charge in [-0.25, -0.2) is 13.1 Å². The number of rotatable bonds is 9. The third kappa shape index (κ3) is 7.83. The summed E-state index contributed by atoms with van der Waals surface area (Å²) in [5, 5.41) is 4.00. The number of halogens is 3. The van der Waals surface area contributed by atoms with E-state index in [2.05, 4.69) is 33.1 Å². The van der Waals surface area contributed by atoms with Crippen LogP contribution < -0.4 is 10.0 Å². The number of hydrogen-bond donors (Lipinski definition) is 2. The topological polar surface area (TPSA) is 78.5 Å². The van der Waals surface area contributed by atoms with Crippen LogP contribution in [0.1, 0.15) is 72.9 Å². The monoisotopic (exact) mass is 633 g/mol. The number of sulfonamides is 1. The average Bonchev–Trinajstić information content (AvgIpc) is 2.94. The van der Waals surface area contributed by atoms with Gasteiger partial charge < -0.3 is 5.32 Å². The van der Waals surface area contributed by atoms with Crippen LogP contribution in [-0.4, -0.2) is 32.3 Å². The van der Waals surface area contributed by atoms with Crippen molar-refractivity contribution in [1.29, 1.82) is 0 Å². The molecule has 1 fully saturated rings. The van der Waals surface area contributed by atoms with Crippen LogP contribution in [-0.2, 0) is 27.8 Å². The second-order valence-electron chi connectivity index (χ2n) is 10.9. The van der Waals surface area contributed by atoms with Crippen LogP contribution in [0.15, 0.2) is 65.6 Å². The molecule has 0 bridgehead atoms. The fourth-order valence-electron chi connectivity index (χ4n) is 5.78. The third-order valence-electron chi connectivity index (χ3n) is 7.85. The zero-order chi connectivity index (χ0) is 29.0. The van der Waals surface area contributed by atoms with E-state index in [-0.39, 0.29) is 33.3 Å². The predicted molar refractivity (Wildman–Crippen MR) is 165 cm³/mol. The normalized spacial score (nSPS) is 18.5. The van der Waals surface area contributed by atoms with Crippen LogP contribution in [0.3, 0.4) is 0 Å². The highest BCUT2D eigenvalue weighted by atomic mass is 35.5. The lowest BCUT2D eigenvalue weighted by molar-refractivity contribution is -0.122. The molecule has 1 aliphatic heterocycles. The molecular weight excluding hydrogens is 601 g/mol. The fourth-order valence-corrected chi connectivity index (χ4v) is 7.59. The summed E-state index contributed by atoms with van der Waals surface area (Å²) in [7, 11) is -4.02. The van der Waals surface area contributed by atoms with Crippen LogP contribution in [0.4, 0.5) is 0 Å². The molecule has 41 heavy (non-hydrogen) atoms. The maximum Gasteiger partial charge on any atom is 0.241 e. The molecule has 1 amide bonds. The summed E-state index contributed by atoms with van der Waals surface area (Å²) in [5.74, 6) is -0.248. The molecule has 0 spiro atoms. The molecule has 1 aliphatic carbocycles. The van der Waals surface area contributed by atoms with Crippen LogP contribution in [0.25, 0.3) is 0 Å². The summed E-state index contributed by atoms with van der Waals surface area (Å²) < 4.78 is 29.3. The van der Waals surface area contributed by atoms with E-state index in [4.69, 9.17) is 34.8 Å². The van der Waals surface area contributed by atoms with Crippen molar-refractivity contribution in [2.45, 2.75) is 68.5 Å². The summed E-state index contributed by atoms with van der Waals surface area (Å²) in [6.45, 7) is 3.27. The van der Waals surface area contributed by atoms with Crippen LogP contribution in [0.2, 0.25) is 15.1 Å². The number of carbonyl (C=O) groups is 1. The van der Waals surface area contributed by atoms with E-state index < -0.39 is 16.1 Å². The number of nitrogens with zero attached hydrogens (tertiary/aromatic N) is 1. The Morgan fingerprint density at radius 3 is 2.49 bits per heavy atom. The molecule has 0 aromatic heterocycles. The maximum atomic E-state index is 13.4. The smallest absolute Gasteiger partial charge is 0.241 e. The van der Waals surface area contributed by atoms with Crippen LogP contribution in [0, 0.1) is 0 Å². The van der Waals surface area contributed by atoms with Gasteiger partial charge in [0.25, 0.3) is 0 Å². The molecular formula is C31H34Cl3N3O3S. The van der Waals surface area contributed by atoms with E-state index in [1.807, 2.05) is 0 Å². The summed E-state index contributed by atoms with van der Waals surface area (Å²) >= 11 is 18.3. The summed E-state index contributed by atoms with van der Waals surface area (Å²) in [4.78, 5) is 15.9. The molecule has 3 aromatic rings. The third-order valence-corrected chi connectivity index (χ3v) is 10.3. The Hall–Kier alpha value is -2.13. The molecule has 218 valence electrons. The minimum absolute atomic E-state index is 0.0408. The minimum Gasteiger partial charge on any atom is -0.349 e. The maximum absolute atomic E-state index is 13.4. The van der Waals surface area contributed by atoms with Gasteiger partial charge in [-0.2, -0.15) is 0 Å². The zero-order valence-corrected chi connectivity index (χ0v) is 25.8. The van der Waals surface area contributed by atoms with Crippen molar-refractivity contribution >= 4 is 50.7 Å². The van der Waals surface area contributed by atoms with Crippen molar-refractivity contribution in [3.8, 4) is 0 Å². The first kappa shape index (κ1) is 30.3. The predicted octanol–water partition coefficient (Wildman–Crippen LogP) is 7.24. The Kier molecular flexibility index (Phi) is 9.95. The second-order valence-corrected chi connectivity index (χ2v) is 13.9. The van der Waals surface area contributed by atoms with E-state index in [9.17, 15) is 13.2 Å². The van der Waals surface area contributed by atoms with Crippen molar-refractivity contribution in [3.05, 3.63) is 98.0 Å². The average molecular weight is 635 g/mol. The Balaban J connectivity index is 1.31. The van der Waals surface area contributed by atoms with Crippen molar-refractivity contribution in [2.75, 3.05) is 13.1 Å². The van der Waals surface area contributed by atoms with Crippen molar-refractivity contribution in [2.24, 2.45) is 0 Å². The molecule has 6 nitrogen and oxygen atoms in total. The van der Waals surface area contributed by atoms with Crippen molar-refractivity contribution in [1.82, 2.24) is 14.9 Å². The molecule has 1 saturated heterocycles. The minimum atomic E-state index is -4.02. The summed E-state index contributed by atoms with van der Waals surface area (Å²) in [6.07, 6.45) is 6.55. The number of amides is 1. The highest BCUT2D eigenvalue weighted by Crippen LogP contribution is 2.32. The zero-order valence-electron chi connectivity index (χ0n) is 22.7. The lowest BCUT2D eigenvalue weighted by atomic mass is 9.86. The molecule has 2 aliphatic rings. The van der Waals surface area contributed by atoms with Crippen LogP contribution in [0.5, 0.6) is 0 Å². The number of fused-ring (bicyclic) bond motifs is 1. The van der Waals surface area contributed by atoms with Gasteiger partial charge in [0, 0.05) is 18.0 Å². The van der Waals surface area contributed by atoms with E-state index in [1.54, 1.807) is 24.3 Å². The van der Waals surface area contributed by atoms with Gasteiger partial charge in [0.1, 0.15) is 0 Å². The molecule has 2 atom stereocenters. The highest BCUT2D eigenvalue weighted by Gasteiger charge is 2.27. The van der Waals surface area contributed by atoms with Gasteiger partial charge in [0.05, 0.1) is 27.0 Å². The lowest BCUT2D eigenvalue weighted by Crippen LogP contribution is -2.36. The van der Waals surface area contributed by atoms with Crippen molar-refractivity contribution in [3.63, 3.8) is 0 Å². The number of nitrogens with one attached hydrogen (secondary N) is 2. The first-order valence-electron chi connectivity index (χ1n) is 14.0. The SMILES string of the molecule is O=C(C[C@@H](NS(=O)(=O)c1ccc(Cl)c(Cl)c1)c1cccc(Cl)c1)N[C@@H]1CCCc2cc(CN3CCCCC3)ccc21. The number of likely N-dealkylation sites (tertiary alicyclic amines) is 1. The lowest BCUT2D eigenvalue weighted by Gasteiger charge is -2.29. The summed E-state index contributed by atoms with van der Waals surface area (Å²) in [6, 6.07) is 16.6. The first-order chi connectivity index (χ1) is 19.7. The fraction of sp³-hybridized carbons (Fsp3) is 0.387. The Morgan fingerprint density at radius 2 is 1.73 bits per heavy atom. The molecule has 0 saturated carbocycles. The number of carbonyl (C=O) groups excluding carboxylic acids is 1. The number of piperidine rings is 1. The standard InChI is InChI=1S/C31H34Cl3N3O3S/c32-24-8-4-7-23(17-24)30(36-41(39,40)25-11-13-27(33)28(34)18-25)19-31(38)35-29-9-5-6-22-16-21(10-12-26(22)29)20-37-14-2-1-3-15-37/h4,7-8,10-13,16-18,29-30,36H,1-3,5-6,9,14-15,19-20H2,(H,35,38)/t29-,30-/m1/s1. The van der Waals surface area contributed by atoms with E-state index in [1.165, 1.54) is 48.6 Å². The molecule has 2 N–H and O–H groups in total. The largest absolute Gasteiger partial charge is 0.349 e. The number of benzene rings is 3. The molecule has 0 radical (unpaired) electrons. The summed E-state index contributed by atoms with van der Waals surface area (Å²) in [5.41, 5.74) is 4.32. The van der Waals surface area contributed by atoms with Crippen LogP contribution >= 0.6 is 34.8 Å². The van der Waals surface area contributed by atoms with Gasteiger partial charge >= 0.3 is 0 Å². The molecule has 10 heteroatoms. The molecule has 0 unspecified atom stereocenters. The van der Waals surface area contributed by atoms with E-state index >= 15 is 0 Å².